The van der Waals surface area contributed by atoms with E-state index < -0.39 is 0 Å². The van der Waals surface area contributed by atoms with E-state index in [1.807, 2.05) is 41.2 Å². The second kappa shape index (κ2) is 5.61. The van der Waals surface area contributed by atoms with Crippen LogP contribution in [0.2, 0.25) is 0 Å². The molecule has 0 unspecified atom stereocenters. The molecule has 0 atom stereocenters. The molecule has 0 aliphatic carbocycles. The van der Waals surface area contributed by atoms with Crippen molar-refractivity contribution in [2.24, 2.45) is 0 Å². The highest BCUT2D eigenvalue weighted by molar-refractivity contribution is 5.46. The second-order valence-corrected chi connectivity index (χ2v) is 4.78. The number of nitrogens with zero attached hydrogens (tertiary/aromatic N) is 3. The van der Waals surface area contributed by atoms with E-state index in [0.717, 1.165) is 18.1 Å². The van der Waals surface area contributed by atoms with Crippen LogP contribution < -0.4 is 4.90 Å². The fourth-order valence-electron chi connectivity index (χ4n) is 2.29. The van der Waals surface area contributed by atoms with Gasteiger partial charge >= 0.3 is 0 Å². The molecule has 3 nitrogen and oxygen atoms in total. The molecule has 0 saturated heterocycles. The third-order valence-electron chi connectivity index (χ3n) is 3.28. The van der Waals surface area contributed by atoms with Crippen molar-refractivity contribution in [3.8, 4) is 5.69 Å². The van der Waals surface area contributed by atoms with Crippen molar-refractivity contribution in [1.29, 1.82) is 0 Å². The zero-order chi connectivity index (χ0) is 13.8. The van der Waals surface area contributed by atoms with Gasteiger partial charge in [0.25, 0.3) is 0 Å². The van der Waals surface area contributed by atoms with Crippen molar-refractivity contribution in [2.45, 2.75) is 6.54 Å². The highest BCUT2D eigenvalue weighted by Gasteiger charge is 2.09. The summed E-state index contributed by atoms with van der Waals surface area (Å²) in [5, 5.41) is 4.42. The maximum Gasteiger partial charge on any atom is 0.132 e. The van der Waals surface area contributed by atoms with Crippen LogP contribution in [0, 0.1) is 0 Å². The highest BCUT2D eigenvalue weighted by Crippen LogP contribution is 2.19. The first-order valence-electron chi connectivity index (χ1n) is 6.69. The number of aromatic nitrogens is 2. The van der Waals surface area contributed by atoms with Crippen LogP contribution in [0.25, 0.3) is 5.69 Å². The number of benzene rings is 2. The van der Waals surface area contributed by atoms with Gasteiger partial charge in [-0.3, -0.25) is 0 Å². The summed E-state index contributed by atoms with van der Waals surface area (Å²) in [6, 6.07) is 22.7. The molecular weight excluding hydrogens is 246 g/mol. The molecule has 0 aliphatic rings. The van der Waals surface area contributed by atoms with Gasteiger partial charge in [0.15, 0.2) is 0 Å². The molecule has 3 heteroatoms. The molecular formula is C17H17N3. The Balaban J connectivity index is 1.86. The van der Waals surface area contributed by atoms with E-state index in [2.05, 4.69) is 53.4 Å². The Morgan fingerprint density at radius 1 is 0.900 bits per heavy atom. The number of para-hydroxylation sites is 1. The van der Waals surface area contributed by atoms with Crippen molar-refractivity contribution in [3.63, 3.8) is 0 Å². The number of hydrogen-bond donors (Lipinski definition) is 0. The van der Waals surface area contributed by atoms with E-state index in [1.165, 1.54) is 5.56 Å². The van der Waals surface area contributed by atoms with Crippen LogP contribution in [-0.2, 0) is 6.54 Å². The lowest BCUT2D eigenvalue weighted by atomic mass is 10.2. The van der Waals surface area contributed by atoms with E-state index in [1.54, 1.807) is 0 Å². The SMILES string of the molecule is CN(Cc1ccccc1)c1ccnn1-c1ccccc1. The summed E-state index contributed by atoms with van der Waals surface area (Å²) < 4.78 is 1.96. The Morgan fingerprint density at radius 3 is 2.25 bits per heavy atom. The number of anilines is 1. The predicted molar refractivity (Wildman–Crippen MR) is 82.1 cm³/mol. The van der Waals surface area contributed by atoms with Crippen molar-refractivity contribution in [1.82, 2.24) is 9.78 Å². The molecule has 0 radical (unpaired) electrons. The average Bonchev–Trinajstić information content (AvgIpc) is 2.99. The summed E-state index contributed by atoms with van der Waals surface area (Å²) >= 11 is 0. The Bertz CT molecular complexity index is 659. The summed E-state index contributed by atoms with van der Waals surface area (Å²) in [5.74, 6) is 1.08. The molecule has 1 aromatic heterocycles. The third-order valence-corrected chi connectivity index (χ3v) is 3.28. The minimum absolute atomic E-state index is 0.860. The lowest BCUT2D eigenvalue weighted by molar-refractivity contribution is 0.811. The Hall–Kier alpha value is -2.55. The fourth-order valence-corrected chi connectivity index (χ4v) is 2.29. The van der Waals surface area contributed by atoms with E-state index in [4.69, 9.17) is 0 Å². The zero-order valence-corrected chi connectivity index (χ0v) is 11.5. The van der Waals surface area contributed by atoms with Crippen molar-refractivity contribution in [3.05, 3.63) is 78.5 Å². The smallest absolute Gasteiger partial charge is 0.132 e. The van der Waals surface area contributed by atoms with Gasteiger partial charge < -0.3 is 4.90 Å². The highest BCUT2D eigenvalue weighted by atomic mass is 15.4. The first-order valence-corrected chi connectivity index (χ1v) is 6.69. The van der Waals surface area contributed by atoms with Crippen LogP contribution in [0.5, 0.6) is 0 Å². The summed E-state index contributed by atoms with van der Waals surface area (Å²) in [6.07, 6.45) is 1.84. The maximum absolute atomic E-state index is 4.42. The minimum Gasteiger partial charge on any atom is -0.355 e. The number of hydrogen-bond acceptors (Lipinski definition) is 2. The second-order valence-electron chi connectivity index (χ2n) is 4.78. The monoisotopic (exact) mass is 263 g/mol. The summed E-state index contributed by atoms with van der Waals surface area (Å²) in [6.45, 7) is 0.860. The van der Waals surface area contributed by atoms with E-state index in [0.29, 0.717) is 0 Å². The topological polar surface area (TPSA) is 21.1 Å². The van der Waals surface area contributed by atoms with E-state index in [-0.39, 0.29) is 0 Å². The van der Waals surface area contributed by atoms with Crippen molar-refractivity contribution < 1.29 is 0 Å². The van der Waals surface area contributed by atoms with E-state index >= 15 is 0 Å². The van der Waals surface area contributed by atoms with E-state index in [9.17, 15) is 0 Å². The predicted octanol–water partition coefficient (Wildman–Crippen LogP) is 3.51. The summed E-state index contributed by atoms with van der Waals surface area (Å²) in [5.41, 5.74) is 2.36. The first-order chi connectivity index (χ1) is 9.84. The summed E-state index contributed by atoms with van der Waals surface area (Å²) in [4.78, 5) is 2.20. The molecule has 3 aromatic rings. The van der Waals surface area contributed by atoms with Gasteiger partial charge in [0, 0.05) is 19.7 Å². The third kappa shape index (κ3) is 2.57. The number of rotatable bonds is 4. The largest absolute Gasteiger partial charge is 0.355 e. The Morgan fingerprint density at radius 2 is 1.55 bits per heavy atom. The molecule has 0 saturated carbocycles. The van der Waals surface area contributed by atoms with Crippen LogP contribution >= 0.6 is 0 Å². The van der Waals surface area contributed by atoms with Crippen LogP contribution in [0.1, 0.15) is 5.56 Å². The molecule has 3 rings (SSSR count). The lowest BCUT2D eigenvalue weighted by Crippen LogP contribution is -2.19. The van der Waals surface area contributed by atoms with Gasteiger partial charge in [-0.15, -0.1) is 0 Å². The van der Waals surface area contributed by atoms with Gasteiger partial charge in [0.1, 0.15) is 5.82 Å². The molecule has 0 aliphatic heterocycles. The molecule has 0 amide bonds. The fraction of sp³-hybridized carbons (Fsp3) is 0.118. The Kier molecular flexibility index (Phi) is 3.50. The zero-order valence-electron chi connectivity index (χ0n) is 11.5. The van der Waals surface area contributed by atoms with Gasteiger partial charge in [-0.1, -0.05) is 48.5 Å². The van der Waals surface area contributed by atoms with Crippen molar-refractivity contribution >= 4 is 5.82 Å². The van der Waals surface area contributed by atoms with Crippen LogP contribution in [0.15, 0.2) is 72.9 Å². The summed E-state index contributed by atoms with van der Waals surface area (Å²) in [7, 11) is 2.09. The quantitative estimate of drug-likeness (QED) is 0.718. The van der Waals surface area contributed by atoms with Crippen LogP contribution in [-0.4, -0.2) is 16.8 Å². The molecule has 0 bridgehead atoms. The molecule has 100 valence electrons. The standard InChI is InChI=1S/C17H17N3/c1-19(14-15-8-4-2-5-9-15)17-12-13-18-20(17)16-10-6-3-7-11-16/h2-13H,14H2,1H3. The molecule has 0 fully saturated rings. The molecule has 20 heavy (non-hydrogen) atoms. The van der Waals surface area contributed by atoms with Gasteiger partial charge in [-0.05, 0) is 17.7 Å². The molecule has 0 N–H and O–H groups in total. The average molecular weight is 263 g/mol. The Labute approximate surface area is 119 Å². The lowest BCUT2D eigenvalue weighted by Gasteiger charge is -2.20. The molecule has 2 aromatic carbocycles. The van der Waals surface area contributed by atoms with Crippen molar-refractivity contribution in [2.75, 3.05) is 11.9 Å². The van der Waals surface area contributed by atoms with Gasteiger partial charge in [-0.2, -0.15) is 5.10 Å². The van der Waals surface area contributed by atoms with Gasteiger partial charge in [0.05, 0.1) is 11.9 Å². The minimum atomic E-state index is 0.860. The molecule has 1 heterocycles. The normalized spacial score (nSPS) is 10.4. The van der Waals surface area contributed by atoms with Gasteiger partial charge in [-0.25, -0.2) is 4.68 Å². The maximum atomic E-state index is 4.42. The molecule has 0 spiro atoms. The van der Waals surface area contributed by atoms with Crippen LogP contribution in [0.4, 0.5) is 5.82 Å². The first kappa shape index (κ1) is 12.5. The van der Waals surface area contributed by atoms with Crippen LogP contribution in [0.3, 0.4) is 0 Å². The van der Waals surface area contributed by atoms with Gasteiger partial charge in [0.2, 0.25) is 0 Å².